The maximum Gasteiger partial charge on any atom is 0.292 e. The van der Waals surface area contributed by atoms with Crippen molar-refractivity contribution in [2.24, 2.45) is 5.92 Å². The number of rotatable bonds is 3. The van der Waals surface area contributed by atoms with Crippen molar-refractivity contribution in [3.8, 4) is 0 Å². The molecule has 3 rings (SSSR count). The molecule has 2 aliphatic rings. The lowest BCUT2D eigenvalue weighted by molar-refractivity contribution is -0.137. The Labute approximate surface area is 154 Å². The first-order chi connectivity index (χ1) is 12.6. The molecule has 0 fully saturated rings. The minimum Gasteiger partial charge on any atom is -0.383 e. The number of ketones is 1. The number of nitrogens with one attached hydrogen (secondary N) is 1. The third kappa shape index (κ3) is 4.12. The van der Waals surface area contributed by atoms with Gasteiger partial charge >= 0.3 is 0 Å². The van der Waals surface area contributed by atoms with Gasteiger partial charge in [0.2, 0.25) is 5.78 Å². The molecular weight excluding hydrogens is 330 g/mol. The lowest BCUT2D eigenvalue weighted by Gasteiger charge is -2.16. The van der Waals surface area contributed by atoms with Crippen LogP contribution in [0, 0.1) is 5.92 Å². The van der Waals surface area contributed by atoms with Gasteiger partial charge in [0, 0.05) is 17.0 Å². The minimum absolute atomic E-state index is 0.159. The van der Waals surface area contributed by atoms with Crippen molar-refractivity contribution >= 4 is 23.2 Å². The summed E-state index contributed by atoms with van der Waals surface area (Å²) in [6, 6.07) is 0. The van der Waals surface area contributed by atoms with Crippen molar-refractivity contribution < 1.29 is 14.3 Å². The molecule has 1 amide bonds. The van der Waals surface area contributed by atoms with Crippen LogP contribution in [0.1, 0.15) is 69.1 Å². The van der Waals surface area contributed by atoms with Crippen molar-refractivity contribution in [3.05, 3.63) is 29.5 Å². The van der Waals surface area contributed by atoms with E-state index in [-0.39, 0.29) is 17.8 Å². The number of carbonyl (C=O) groups is 2. The molecule has 0 saturated carbocycles. The van der Waals surface area contributed by atoms with E-state index < -0.39 is 5.91 Å². The van der Waals surface area contributed by atoms with Gasteiger partial charge in [-0.15, -0.1) is 0 Å². The van der Waals surface area contributed by atoms with E-state index in [1.165, 1.54) is 19.0 Å². The number of fused-ring (bicyclic) bond motifs is 1. The number of hydrogen-bond donors (Lipinski definition) is 2. The van der Waals surface area contributed by atoms with Crippen LogP contribution >= 0.6 is 0 Å². The molecule has 140 valence electrons. The SMILES string of the molecule is CC1OCc2c(NC(=O)C(=O)C3C/C=C\CCCCCC3)cnc(N)c21. The Balaban J connectivity index is 1.71. The highest BCUT2D eigenvalue weighted by Crippen LogP contribution is 2.37. The number of anilines is 2. The zero-order chi connectivity index (χ0) is 18.5. The van der Waals surface area contributed by atoms with E-state index in [9.17, 15) is 9.59 Å². The summed E-state index contributed by atoms with van der Waals surface area (Å²) in [4.78, 5) is 29.4. The van der Waals surface area contributed by atoms with Gasteiger partial charge < -0.3 is 15.8 Å². The van der Waals surface area contributed by atoms with Gasteiger partial charge in [-0.05, 0) is 32.6 Å². The highest BCUT2D eigenvalue weighted by molar-refractivity contribution is 6.41. The molecule has 0 radical (unpaired) electrons. The third-order valence-corrected chi connectivity index (χ3v) is 5.25. The van der Waals surface area contributed by atoms with Gasteiger partial charge in [0.25, 0.3) is 5.91 Å². The molecule has 0 spiro atoms. The van der Waals surface area contributed by atoms with Gasteiger partial charge in [-0.3, -0.25) is 9.59 Å². The molecule has 1 aliphatic heterocycles. The smallest absolute Gasteiger partial charge is 0.292 e. The maximum absolute atomic E-state index is 12.7. The van der Waals surface area contributed by atoms with Crippen molar-refractivity contribution in [1.29, 1.82) is 0 Å². The average molecular weight is 357 g/mol. The zero-order valence-electron chi connectivity index (χ0n) is 15.3. The standard InChI is InChI=1S/C20H27N3O3/c1-13-17-15(12-26-13)16(11-22-19(17)21)23-20(25)18(24)14-9-7-5-3-2-4-6-8-10-14/h5,7,11,13-14H,2-4,6,8-10,12H2,1H3,(H2,21,22)(H,23,25)/b7-5-. The molecule has 2 atom stereocenters. The molecule has 1 aliphatic carbocycles. The van der Waals surface area contributed by atoms with Crippen LogP contribution in [0.3, 0.4) is 0 Å². The molecule has 1 aromatic rings. The van der Waals surface area contributed by atoms with Gasteiger partial charge in [0.05, 0.1) is 24.6 Å². The fourth-order valence-electron chi connectivity index (χ4n) is 3.70. The maximum atomic E-state index is 12.7. The number of Topliss-reactive ketones (excluding diaryl/α,β-unsaturated/α-hetero) is 1. The first kappa shape index (κ1) is 18.6. The Morgan fingerprint density at radius 3 is 2.88 bits per heavy atom. The Morgan fingerprint density at radius 1 is 1.23 bits per heavy atom. The van der Waals surface area contributed by atoms with E-state index in [0.29, 0.717) is 24.5 Å². The number of aromatic nitrogens is 1. The molecule has 26 heavy (non-hydrogen) atoms. The van der Waals surface area contributed by atoms with Crippen LogP contribution in [-0.4, -0.2) is 16.7 Å². The van der Waals surface area contributed by atoms with E-state index in [1.54, 1.807) is 0 Å². The summed E-state index contributed by atoms with van der Waals surface area (Å²) in [5.74, 6) is -0.775. The third-order valence-electron chi connectivity index (χ3n) is 5.25. The Hall–Kier alpha value is -2.21. The molecule has 0 saturated heterocycles. The van der Waals surface area contributed by atoms with Crippen LogP contribution in [0.15, 0.2) is 18.3 Å². The first-order valence-electron chi connectivity index (χ1n) is 9.47. The molecule has 3 N–H and O–H groups in total. The second kappa shape index (κ2) is 8.45. The number of nitrogens with zero attached hydrogens (tertiary/aromatic N) is 1. The zero-order valence-corrected chi connectivity index (χ0v) is 15.3. The van der Waals surface area contributed by atoms with Gasteiger partial charge in [0.15, 0.2) is 0 Å². The van der Waals surface area contributed by atoms with Crippen LogP contribution in [0.25, 0.3) is 0 Å². The Bertz CT molecular complexity index is 714. The largest absolute Gasteiger partial charge is 0.383 e. The van der Waals surface area contributed by atoms with Crippen LogP contribution < -0.4 is 11.1 Å². The second-order valence-electron chi connectivity index (χ2n) is 7.12. The van der Waals surface area contributed by atoms with Gasteiger partial charge in [-0.25, -0.2) is 4.98 Å². The summed E-state index contributed by atoms with van der Waals surface area (Å²) >= 11 is 0. The molecule has 0 bridgehead atoms. The van der Waals surface area contributed by atoms with Crippen molar-refractivity contribution in [2.75, 3.05) is 11.1 Å². The molecule has 6 heteroatoms. The number of pyridine rings is 1. The van der Waals surface area contributed by atoms with Crippen LogP contribution in [0.4, 0.5) is 11.5 Å². The van der Waals surface area contributed by atoms with E-state index in [1.807, 2.05) is 13.0 Å². The Kier molecular flexibility index (Phi) is 6.04. The number of hydrogen-bond acceptors (Lipinski definition) is 5. The molecule has 1 aromatic heterocycles. The molecule has 0 aromatic carbocycles. The number of allylic oxidation sites excluding steroid dienone is 2. The number of nitrogens with two attached hydrogens (primary N) is 1. The summed E-state index contributed by atoms with van der Waals surface area (Å²) in [5.41, 5.74) is 8.06. The molecule has 2 heterocycles. The summed E-state index contributed by atoms with van der Waals surface area (Å²) < 4.78 is 5.59. The first-order valence-corrected chi connectivity index (χ1v) is 9.47. The number of ether oxygens (including phenoxy) is 1. The summed E-state index contributed by atoms with van der Waals surface area (Å²) in [6.45, 7) is 2.26. The minimum atomic E-state index is -0.575. The highest BCUT2D eigenvalue weighted by Gasteiger charge is 2.29. The lowest BCUT2D eigenvalue weighted by Crippen LogP contribution is -2.30. The normalized spacial score (nSPS) is 24.5. The van der Waals surface area contributed by atoms with E-state index in [0.717, 1.165) is 36.8 Å². The van der Waals surface area contributed by atoms with Crippen LogP contribution in [0.5, 0.6) is 0 Å². The van der Waals surface area contributed by atoms with E-state index in [2.05, 4.69) is 16.4 Å². The molecule has 2 unspecified atom stereocenters. The number of nitrogen functional groups attached to an aromatic ring is 1. The molecule has 6 nitrogen and oxygen atoms in total. The summed E-state index contributed by atoms with van der Waals surface area (Å²) in [7, 11) is 0. The van der Waals surface area contributed by atoms with E-state index >= 15 is 0 Å². The highest BCUT2D eigenvalue weighted by atomic mass is 16.5. The lowest BCUT2D eigenvalue weighted by atomic mass is 9.91. The fourth-order valence-corrected chi connectivity index (χ4v) is 3.70. The van der Waals surface area contributed by atoms with Crippen molar-refractivity contribution in [2.45, 2.75) is 64.6 Å². The predicted molar refractivity (Wildman–Crippen MR) is 100 cm³/mol. The predicted octanol–water partition coefficient (Wildman–Crippen LogP) is 3.68. The number of amides is 1. The van der Waals surface area contributed by atoms with Crippen molar-refractivity contribution in [1.82, 2.24) is 4.98 Å². The van der Waals surface area contributed by atoms with Crippen molar-refractivity contribution in [3.63, 3.8) is 0 Å². The fraction of sp³-hybridized carbons (Fsp3) is 0.550. The number of carbonyl (C=O) groups excluding carboxylic acids is 2. The van der Waals surface area contributed by atoms with Crippen LogP contribution in [-0.2, 0) is 20.9 Å². The van der Waals surface area contributed by atoms with Gasteiger partial charge in [0.1, 0.15) is 5.82 Å². The topological polar surface area (TPSA) is 94.3 Å². The van der Waals surface area contributed by atoms with Gasteiger partial charge in [-0.2, -0.15) is 0 Å². The molecular formula is C20H27N3O3. The van der Waals surface area contributed by atoms with Crippen LogP contribution in [0.2, 0.25) is 0 Å². The second-order valence-corrected chi connectivity index (χ2v) is 7.12. The average Bonchev–Trinajstić information content (AvgIpc) is 3.04. The monoisotopic (exact) mass is 357 g/mol. The quantitative estimate of drug-likeness (QED) is 0.636. The van der Waals surface area contributed by atoms with Gasteiger partial charge in [-0.1, -0.05) is 31.4 Å². The summed E-state index contributed by atoms with van der Waals surface area (Å²) in [6.07, 6.45) is 12.4. The van der Waals surface area contributed by atoms with E-state index in [4.69, 9.17) is 10.5 Å². The summed E-state index contributed by atoms with van der Waals surface area (Å²) in [5, 5.41) is 2.74. The Morgan fingerprint density at radius 2 is 2.04 bits per heavy atom.